The van der Waals surface area contributed by atoms with Gasteiger partial charge >= 0.3 is 6.09 Å². The highest BCUT2D eigenvalue weighted by atomic mass is 79.9. The minimum Gasteiger partial charge on any atom is -0.465 e. The molecule has 0 aromatic heterocycles. The molecular weight excluding hydrogens is 300 g/mol. The summed E-state index contributed by atoms with van der Waals surface area (Å²) in [4.78, 5) is 24.0. The predicted octanol–water partition coefficient (Wildman–Crippen LogP) is 2.06. The normalized spacial score (nSPS) is 23.8. The first-order valence-electron chi connectivity index (χ1n) is 6.37. The van der Waals surface area contributed by atoms with Crippen LogP contribution < -0.4 is 5.32 Å². The molecule has 1 heterocycles. The Morgan fingerprint density at radius 3 is 2.78 bits per heavy atom. The molecule has 1 saturated heterocycles. The summed E-state index contributed by atoms with van der Waals surface area (Å²) in [5.41, 5.74) is 0. The zero-order valence-electron chi connectivity index (χ0n) is 10.7. The molecule has 0 radical (unpaired) electrons. The van der Waals surface area contributed by atoms with E-state index in [1.165, 1.54) is 4.90 Å². The van der Waals surface area contributed by atoms with Gasteiger partial charge in [0.2, 0.25) is 5.91 Å². The van der Waals surface area contributed by atoms with Crippen LogP contribution in [0.5, 0.6) is 0 Å². The van der Waals surface area contributed by atoms with E-state index in [9.17, 15) is 9.59 Å². The van der Waals surface area contributed by atoms with E-state index in [1.807, 2.05) is 0 Å². The van der Waals surface area contributed by atoms with Crippen LogP contribution in [-0.4, -0.2) is 46.5 Å². The summed E-state index contributed by atoms with van der Waals surface area (Å²) >= 11 is 3.33. The van der Waals surface area contributed by atoms with Crippen molar-refractivity contribution in [3.63, 3.8) is 0 Å². The minimum absolute atomic E-state index is 0.0278. The van der Waals surface area contributed by atoms with E-state index in [2.05, 4.69) is 28.2 Å². The molecular formula is C12H21BrN2O3. The SMILES string of the molecule is CC1CCN(C(=O)O)CC1NC(=O)CCCCBr. The number of likely N-dealkylation sites (tertiary alicyclic amines) is 1. The van der Waals surface area contributed by atoms with Gasteiger partial charge in [-0.3, -0.25) is 4.79 Å². The molecule has 6 heteroatoms. The number of halogens is 1. The number of rotatable bonds is 5. The first kappa shape index (κ1) is 15.3. The fourth-order valence-corrected chi connectivity index (χ4v) is 2.49. The van der Waals surface area contributed by atoms with Gasteiger partial charge in [0.1, 0.15) is 0 Å². The number of nitrogens with zero attached hydrogens (tertiary/aromatic N) is 1. The lowest BCUT2D eigenvalue weighted by molar-refractivity contribution is -0.122. The molecule has 0 aromatic carbocycles. The fourth-order valence-electron chi connectivity index (χ4n) is 2.09. The third kappa shape index (κ3) is 4.84. The number of carbonyl (C=O) groups is 2. The number of unbranched alkanes of at least 4 members (excludes halogenated alkanes) is 1. The van der Waals surface area contributed by atoms with Gasteiger partial charge < -0.3 is 15.3 Å². The number of carbonyl (C=O) groups excluding carboxylic acids is 1. The highest BCUT2D eigenvalue weighted by Crippen LogP contribution is 2.17. The van der Waals surface area contributed by atoms with E-state index in [-0.39, 0.29) is 11.9 Å². The number of hydrogen-bond donors (Lipinski definition) is 2. The summed E-state index contributed by atoms with van der Waals surface area (Å²) < 4.78 is 0. The topological polar surface area (TPSA) is 69.6 Å². The summed E-state index contributed by atoms with van der Waals surface area (Å²) in [6, 6.07) is -0.0497. The van der Waals surface area contributed by atoms with Crippen LogP contribution >= 0.6 is 15.9 Å². The molecule has 5 nitrogen and oxygen atoms in total. The number of alkyl halides is 1. The average Bonchev–Trinajstić information content (AvgIpc) is 2.32. The van der Waals surface area contributed by atoms with Crippen LogP contribution in [0.15, 0.2) is 0 Å². The maximum absolute atomic E-state index is 11.7. The average molecular weight is 321 g/mol. The standard InChI is InChI=1S/C12H21BrN2O3/c1-9-5-7-15(12(17)18)8-10(9)14-11(16)4-2-3-6-13/h9-10H,2-8H2,1H3,(H,14,16)(H,17,18). The van der Waals surface area contributed by atoms with E-state index in [0.717, 1.165) is 24.6 Å². The van der Waals surface area contributed by atoms with Crippen LogP contribution in [0.2, 0.25) is 0 Å². The van der Waals surface area contributed by atoms with Crippen LogP contribution in [0.25, 0.3) is 0 Å². The molecule has 0 bridgehead atoms. The van der Waals surface area contributed by atoms with Crippen LogP contribution in [-0.2, 0) is 4.79 Å². The van der Waals surface area contributed by atoms with E-state index in [1.54, 1.807) is 0 Å². The monoisotopic (exact) mass is 320 g/mol. The number of hydrogen-bond acceptors (Lipinski definition) is 2. The molecule has 1 rings (SSSR count). The van der Waals surface area contributed by atoms with Gasteiger partial charge in [-0.15, -0.1) is 0 Å². The van der Waals surface area contributed by atoms with Crippen molar-refractivity contribution in [1.82, 2.24) is 10.2 Å². The quantitative estimate of drug-likeness (QED) is 0.601. The lowest BCUT2D eigenvalue weighted by Crippen LogP contribution is -2.53. The van der Waals surface area contributed by atoms with E-state index >= 15 is 0 Å². The van der Waals surface area contributed by atoms with E-state index in [0.29, 0.717) is 25.4 Å². The highest BCUT2D eigenvalue weighted by Gasteiger charge is 2.29. The highest BCUT2D eigenvalue weighted by molar-refractivity contribution is 9.09. The van der Waals surface area contributed by atoms with Crippen molar-refractivity contribution < 1.29 is 14.7 Å². The third-order valence-electron chi connectivity index (χ3n) is 3.36. The molecule has 2 unspecified atom stereocenters. The number of amides is 2. The molecule has 0 aliphatic carbocycles. The van der Waals surface area contributed by atoms with Gasteiger partial charge in [-0.2, -0.15) is 0 Å². The Bertz CT molecular complexity index is 299. The summed E-state index contributed by atoms with van der Waals surface area (Å²) in [5.74, 6) is 0.362. The second-order valence-electron chi connectivity index (χ2n) is 4.81. The molecule has 0 saturated carbocycles. The maximum atomic E-state index is 11.7. The Balaban J connectivity index is 2.38. The van der Waals surface area contributed by atoms with Crippen molar-refractivity contribution in [2.24, 2.45) is 5.92 Å². The lowest BCUT2D eigenvalue weighted by Gasteiger charge is -2.35. The smallest absolute Gasteiger partial charge is 0.407 e. The second kappa shape index (κ2) is 7.61. The van der Waals surface area contributed by atoms with E-state index in [4.69, 9.17) is 5.11 Å². The molecule has 1 aliphatic rings. The van der Waals surface area contributed by atoms with Gasteiger partial charge in [-0.1, -0.05) is 22.9 Å². The van der Waals surface area contributed by atoms with Crippen LogP contribution in [0.1, 0.15) is 32.6 Å². The van der Waals surface area contributed by atoms with Crippen molar-refractivity contribution in [3.8, 4) is 0 Å². The Morgan fingerprint density at radius 2 is 2.17 bits per heavy atom. The Labute approximate surface area is 116 Å². The van der Waals surface area contributed by atoms with Crippen LogP contribution in [0.4, 0.5) is 4.79 Å². The number of carboxylic acid groups (broad SMARTS) is 1. The minimum atomic E-state index is -0.902. The third-order valence-corrected chi connectivity index (χ3v) is 3.92. The van der Waals surface area contributed by atoms with Gasteiger partial charge in [-0.25, -0.2) is 4.79 Å². The lowest BCUT2D eigenvalue weighted by atomic mass is 9.93. The first-order valence-corrected chi connectivity index (χ1v) is 7.50. The number of piperidine rings is 1. The van der Waals surface area contributed by atoms with Crippen molar-refractivity contribution in [1.29, 1.82) is 0 Å². The van der Waals surface area contributed by atoms with E-state index < -0.39 is 6.09 Å². The zero-order valence-corrected chi connectivity index (χ0v) is 12.3. The van der Waals surface area contributed by atoms with Crippen LogP contribution in [0, 0.1) is 5.92 Å². The van der Waals surface area contributed by atoms with Crippen LogP contribution in [0.3, 0.4) is 0 Å². The summed E-state index contributed by atoms with van der Waals surface area (Å²) in [6.07, 6.45) is 2.26. The molecule has 0 spiro atoms. The molecule has 2 atom stereocenters. The molecule has 0 aromatic rings. The predicted molar refractivity (Wildman–Crippen MR) is 73.0 cm³/mol. The number of nitrogens with one attached hydrogen (secondary N) is 1. The summed E-state index contributed by atoms with van der Waals surface area (Å²) in [6.45, 7) is 3.02. The largest absolute Gasteiger partial charge is 0.465 e. The molecule has 18 heavy (non-hydrogen) atoms. The molecule has 2 amide bonds. The van der Waals surface area contributed by atoms with Gasteiger partial charge in [0, 0.05) is 30.9 Å². The molecule has 104 valence electrons. The van der Waals surface area contributed by atoms with Gasteiger partial charge in [-0.05, 0) is 25.2 Å². The van der Waals surface area contributed by atoms with Crippen molar-refractivity contribution >= 4 is 27.9 Å². The first-order chi connectivity index (χ1) is 8.54. The summed E-state index contributed by atoms with van der Waals surface area (Å²) in [7, 11) is 0. The summed E-state index contributed by atoms with van der Waals surface area (Å²) in [5, 5.41) is 12.8. The van der Waals surface area contributed by atoms with Gasteiger partial charge in [0.05, 0.1) is 0 Å². The van der Waals surface area contributed by atoms with Gasteiger partial charge in [0.15, 0.2) is 0 Å². The van der Waals surface area contributed by atoms with Crippen molar-refractivity contribution in [2.75, 3.05) is 18.4 Å². The molecule has 1 fully saturated rings. The molecule has 2 N–H and O–H groups in total. The van der Waals surface area contributed by atoms with Crippen molar-refractivity contribution in [3.05, 3.63) is 0 Å². The fraction of sp³-hybridized carbons (Fsp3) is 0.833. The Morgan fingerprint density at radius 1 is 1.44 bits per heavy atom. The second-order valence-corrected chi connectivity index (χ2v) is 5.61. The Kier molecular flexibility index (Phi) is 6.46. The Hall–Kier alpha value is -0.780. The molecule has 1 aliphatic heterocycles. The van der Waals surface area contributed by atoms with Crippen molar-refractivity contribution in [2.45, 2.75) is 38.6 Å². The maximum Gasteiger partial charge on any atom is 0.407 e. The zero-order chi connectivity index (χ0) is 13.5. The van der Waals surface area contributed by atoms with Gasteiger partial charge in [0.25, 0.3) is 0 Å².